The smallest absolute Gasteiger partial charge is 0.416 e. The fourth-order valence-electron chi connectivity index (χ4n) is 3.87. The Labute approximate surface area is 235 Å². The lowest BCUT2D eigenvalue weighted by atomic mass is 10.0. The minimum absolute atomic E-state index is 0.0682. The molecule has 41 heavy (non-hydrogen) atoms. The SMILES string of the molecule is CN1CCN(c2ncc(C(=O)O)c(-c3ccc(F)cc3Cl)n2)CC1.C[N-]Cc1cc(C(F)(F)F)cc(C(F)(F)F)c1. The first-order chi connectivity index (χ1) is 19.1. The van der Waals surface area contributed by atoms with Crippen LogP contribution in [0.1, 0.15) is 27.0 Å². The third-order valence-corrected chi connectivity index (χ3v) is 6.28. The van der Waals surface area contributed by atoms with E-state index in [1.54, 1.807) is 0 Å². The average molecular weight is 607 g/mol. The predicted octanol–water partition coefficient (Wildman–Crippen LogP) is 6.61. The van der Waals surface area contributed by atoms with Gasteiger partial charge in [-0.2, -0.15) is 33.4 Å². The van der Waals surface area contributed by atoms with Crippen molar-refractivity contribution in [3.63, 3.8) is 0 Å². The molecule has 1 aliphatic heterocycles. The van der Waals surface area contributed by atoms with Crippen molar-refractivity contribution >= 4 is 23.5 Å². The van der Waals surface area contributed by atoms with Gasteiger partial charge in [-0.25, -0.2) is 19.2 Å². The molecule has 2 heterocycles. The molecule has 0 amide bonds. The molecule has 0 spiro atoms. The predicted molar refractivity (Wildman–Crippen MR) is 139 cm³/mol. The number of rotatable bonds is 5. The Morgan fingerprint density at radius 3 is 2.07 bits per heavy atom. The summed E-state index contributed by atoms with van der Waals surface area (Å²) in [5, 5.41) is 13.0. The number of hydrogen-bond acceptors (Lipinski definition) is 5. The van der Waals surface area contributed by atoms with Crippen LogP contribution in [-0.2, 0) is 18.9 Å². The van der Waals surface area contributed by atoms with E-state index in [0.29, 0.717) is 23.6 Å². The van der Waals surface area contributed by atoms with Gasteiger partial charge in [0, 0.05) is 37.9 Å². The van der Waals surface area contributed by atoms with Gasteiger partial charge in [-0.1, -0.05) is 17.2 Å². The third kappa shape index (κ3) is 8.50. The van der Waals surface area contributed by atoms with Gasteiger partial charge in [0.2, 0.25) is 5.95 Å². The number of carbonyl (C=O) groups is 1. The minimum Gasteiger partial charge on any atom is -0.661 e. The van der Waals surface area contributed by atoms with Crippen LogP contribution in [0.3, 0.4) is 0 Å². The summed E-state index contributed by atoms with van der Waals surface area (Å²) in [5.74, 6) is -1.20. The van der Waals surface area contributed by atoms with Crippen LogP contribution in [-0.4, -0.2) is 66.2 Å². The van der Waals surface area contributed by atoms with Crippen LogP contribution < -0.4 is 4.90 Å². The van der Waals surface area contributed by atoms with Gasteiger partial charge in [0.05, 0.1) is 21.8 Å². The van der Waals surface area contributed by atoms with Crippen LogP contribution >= 0.6 is 11.6 Å². The summed E-state index contributed by atoms with van der Waals surface area (Å²) in [5.41, 5.74) is -2.25. The van der Waals surface area contributed by atoms with E-state index in [1.807, 2.05) is 11.9 Å². The fraction of sp³-hybridized carbons (Fsp3) is 0.346. The topological polar surface area (TPSA) is 83.7 Å². The number of halogens is 8. The van der Waals surface area contributed by atoms with Gasteiger partial charge in [0.15, 0.2) is 0 Å². The van der Waals surface area contributed by atoms with Gasteiger partial charge in [-0.05, 0) is 43.4 Å². The van der Waals surface area contributed by atoms with Crippen molar-refractivity contribution in [2.75, 3.05) is 45.2 Å². The quantitative estimate of drug-likeness (QED) is 0.329. The molecule has 1 N–H and O–H groups in total. The van der Waals surface area contributed by atoms with Crippen molar-refractivity contribution < 1.29 is 40.6 Å². The monoisotopic (exact) mass is 606 g/mol. The van der Waals surface area contributed by atoms with Crippen LogP contribution in [0.2, 0.25) is 5.02 Å². The molecule has 4 rings (SSSR count). The van der Waals surface area contributed by atoms with Crippen molar-refractivity contribution in [3.8, 4) is 11.3 Å². The maximum Gasteiger partial charge on any atom is 0.416 e. The Morgan fingerprint density at radius 1 is 1.00 bits per heavy atom. The van der Waals surface area contributed by atoms with E-state index in [-0.39, 0.29) is 34.5 Å². The molecule has 0 unspecified atom stereocenters. The first-order valence-electron chi connectivity index (χ1n) is 11.9. The number of hydrogen-bond donors (Lipinski definition) is 1. The Kier molecular flexibility index (Phi) is 10.2. The maximum absolute atomic E-state index is 13.3. The number of aromatic carboxylic acids is 1. The second kappa shape index (κ2) is 13.0. The highest BCUT2D eigenvalue weighted by atomic mass is 35.5. The van der Waals surface area contributed by atoms with Crippen molar-refractivity contribution in [3.05, 3.63) is 81.0 Å². The molecule has 3 aromatic rings. The molecule has 0 bridgehead atoms. The number of carboxylic acids is 1. The molecule has 1 saturated heterocycles. The van der Waals surface area contributed by atoms with Gasteiger partial charge in [0.25, 0.3) is 0 Å². The number of aromatic nitrogens is 2. The van der Waals surface area contributed by atoms with E-state index in [9.17, 15) is 40.6 Å². The molecule has 0 radical (unpaired) electrons. The minimum atomic E-state index is -4.80. The van der Waals surface area contributed by atoms with Crippen molar-refractivity contribution in [2.45, 2.75) is 18.9 Å². The molecule has 1 aliphatic rings. The highest BCUT2D eigenvalue weighted by Crippen LogP contribution is 2.36. The highest BCUT2D eigenvalue weighted by molar-refractivity contribution is 6.33. The fourth-order valence-corrected chi connectivity index (χ4v) is 4.12. The number of benzene rings is 2. The lowest BCUT2D eigenvalue weighted by molar-refractivity contribution is -0.143. The van der Waals surface area contributed by atoms with E-state index in [0.717, 1.165) is 32.2 Å². The van der Waals surface area contributed by atoms with Crippen LogP contribution in [0, 0.1) is 5.82 Å². The number of nitrogens with zero attached hydrogens (tertiary/aromatic N) is 5. The molecule has 1 aromatic heterocycles. The van der Waals surface area contributed by atoms with E-state index >= 15 is 0 Å². The van der Waals surface area contributed by atoms with E-state index < -0.39 is 35.3 Å². The van der Waals surface area contributed by atoms with Gasteiger partial charge < -0.3 is 20.2 Å². The standard InChI is InChI=1S/C16H16ClFN4O2.C10H8F6N/c1-21-4-6-22(7-5-21)16-19-9-12(15(23)24)14(20-16)11-3-2-10(18)8-13(11)17;1-17-5-6-2-7(9(11,12)13)4-8(3-6)10(14,15)16/h2-3,8-9H,4-7H2,1H3,(H,23,24);2-4H,5H2,1H3/q;-1. The summed E-state index contributed by atoms with van der Waals surface area (Å²) < 4.78 is 87.6. The molecule has 0 saturated carbocycles. The molecular formula is C26H24ClF7N5O2-. The summed E-state index contributed by atoms with van der Waals surface area (Å²) >= 11 is 6.08. The van der Waals surface area contributed by atoms with Crippen LogP contribution in [0.4, 0.5) is 36.7 Å². The lowest BCUT2D eigenvalue weighted by Gasteiger charge is -2.32. The second-order valence-corrected chi connectivity index (χ2v) is 9.45. The Morgan fingerprint density at radius 2 is 1.59 bits per heavy atom. The van der Waals surface area contributed by atoms with Crippen molar-refractivity contribution in [1.29, 1.82) is 0 Å². The maximum atomic E-state index is 13.3. The van der Waals surface area contributed by atoms with Crippen LogP contribution in [0.15, 0.2) is 42.6 Å². The number of likely N-dealkylation sites (N-methyl/N-ethyl adjacent to an activating group) is 1. The van der Waals surface area contributed by atoms with Crippen LogP contribution in [0.5, 0.6) is 0 Å². The molecule has 2 aromatic carbocycles. The van der Waals surface area contributed by atoms with Gasteiger partial charge in [-0.15, -0.1) is 6.54 Å². The van der Waals surface area contributed by atoms with E-state index in [2.05, 4.69) is 20.2 Å². The van der Waals surface area contributed by atoms with Crippen LogP contribution in [0.25, 0.3) is 16.6 Å². The summed E-state index contributed by atoms with van der Waals surface area (Å²) in [6, 6.07) is 5.23. The Bertz CT molecular complexity index is 1350. The van der Waals surface area contributed by atoms with Gasteiger partial charge in [-0.3, -0.25) is 0 Å². The summed E-state index contributed by atoms with van der Waals surface area (Å²) in [6.45, 7) is 3.05. The summed E-state index contributed by atoms with van der Waals surface area (Å²) in [7, 11) is 3.35. The second-order valence-electron chi connectivity index (χ2n) is 9.04. The summed E-state index contributed by atoms with van der Waals surface area (Å²) in [4.78, 5) is 24.3. The van der Waals surface area contributed by atoms with E-state index in [1.165, 1.54) is 25.4 Å². The molecule has 1 fully saturated rings. The number of carboxylic acid groups (broad SMARTS) is 1. The number of piperazine rings is 1. The number of alkyl halides is 6. The van der Waals surface area contributed by atoms with Gasteiger partial charge in [0.1, 0.15) is 11.4 Å². The van der Waals surface area contributed by atoms with E-state index in [4.69, 9.17) is 11.6 Å². The first-order valence-corrected chi connectivity index (χ1v) is 12.3. The van der Waals surface area contributed by atoms with Crippen molar-refractivity contribution in [2.24, 2.45) is 0 Å². The molecule has 7 nitrogen and oxygen atoms in total. The normalized spacial score (nSPS) is 14.4. The number of anilines is 1. The van der Waals surface area contributed by atoms with Crippen molar-refractivity contribution in [1.82, 2.24) is 14.9 Å². The zero-order chi connectivity index (χ0) is 30.5. The highest BCUT2D eigenvalue weighted by Gasteiger charge is 2.36. The average Bonchev–Trinajstić information content (AvgIpc) is 2.88. The molecule has 15 heteroatoms. The molecule has 222 valence electrons. The molecular weight excluding hydrogens is 583 g/mol. The zero-order valence-electron chi connectivity index (χ0n) is 21.7. The Balaban J connectivity index is 0.000000241. The van der Waals surface area contributed by atoms with Gasteiger partial charge >= 0.3 is 18.3 Å². The molecule has 0 aliphatic carbocycles. The largest absolute Gasteiger partial charge is 0.661 e. The zero-order valence-corrected chi connectivity index (χ0v) is 22.4. The summed E-state index contributed by atoms with van der Waals surface area (Å²) in [6.07, 6.45) is -8.33. The Hall–Kier alpha value is -3.49. The first kappa shape index (κ1) is 32.0. The third-order valence-electron chi connectivity index (χ3n) is 5.97. The molecule has 0 atom stereocenters. The lowest BCUT2D eigenvalue weighted by Crippen LogP contribution is -2.45.